The van der Waals surface area contributed by atoms with Crippen LogP contribution in [-0.4, -0.2) is 24.4 Å². The van der Waals surface area contributed by atoms with Crippen LogP contribution in [0.25, 0.3) is 11.3 Å². The molecule has 0 atom stereocenters. The van der Waals surface area contributed by atoms with Crippen LogP contribution in [0.3, 0.4) is 0 Å². The van der Waals surface area contributed by atoms with Crippen molar-refractivity contribution >= 4 is 34.8 Å². The molecule has 0 saturated carbocycles. The van der Waals surface area contributed by atoms with Gasteiger partial charge >= 0.3 is 0 Å². The number of para-hydroxylation sites is 1. The highest BCUT2D eigenvalue weighted by Gasteiger charge is 2.30. The maximum Gasteiger partial charge on any atom is 0.269 e. The van der Waals surface area contributed by atoms with E-state index in [-0.39, 0.29) is 29.7 Å². The van der Waals surface area contributed by atoms with Gasteiger partial charge in [0.05, 0.1) is 5.69 Å². The summed E-state index contributed by atoms with van der Waals surface area (Å²) in [5.74, 6) is 0.687. The SMILES string of the molecule is CNCc1cn(S(=O)(=O)c2cccnc2)c2c1COc1ccccc1-2.Cl.Cl. The third-order valence-electron chi connectivity index (χ3n) is 4.24. The molecular formula is C18H19Cl2N3O3S. The van der Waals surface area contributed by atoms with Gasteiger partial charge in [0.2, 0.25) is 0 Å². The molecule has 1 N–H and O–H groups in total. The van der Waals surface area contributed by atoms with E-state index in [0.29, 0.717) is 24.6 Å². The van der Waals surface area contributed by atoms with Gasteiger partial charge in [-0.15, -0.1) is 24.8 Å². The predicted octanol–water partition coefficient (Wildman–Crippen LogP) is 3.24. The van der Waals surface area contributed by atoms with Gasteiger partial charge in [-0.05, 0) is 36.9 Å². The predicted molar refractivity (Wildman–Crippen MR) is 108 cm³/mol. The number of hydrogen-bond donors (Lipinski definition) is 1. The Kier molecular flexibility index (Phi) is 6.54. The highest BCUT2D eigenvalue weighted by Crippen LogP contribution is 2.41. The van der Waals surface area contributed by atoms with Gasteiger partial charge in [0.15, 0.2) is 0 Å². The van der Waals surface area contributed by atoms with Gasteiger partial charge in [0.1, 0.15) is 17.3 Å². The van der Waals surface area contributed by atoms with Gasteiger partial charge in [0, 0.05) is 36.3 Å². The number of hydrogen-bond acceptors (Lipinski definition) is 5. The third kappa shape index (κ3) is 3.55. The maximum absolute atomic E-state index is 13.2. The van der Waals surface area contributed by atoms with E-state index in [4.69, 9.17) is 4.74 Å². The second-order valence-electron chi connectivity index (χ2n) is 5.79. The van der Waals surface area contributed by atoms with Gasteiger partial charge in [-0.2, -0.15) is 0 Å². The van der Waals surface area contributed by atoms with Crippen molar-refractivity contribution in [3.63, 3.8) is 0 Å². The van der Waals surface area contributed by atoms with Crippen LogP contribution in [0.2, 0.25) is 0 Å². The van der Waals surface area contributed by atoms with Crippen LogP contribution in [-0.2, 0) is 23.2 Å². The van der Waals surface area contributed by atoms with E-state index < -0.39 is 10.0 Å². The molecule has 0 fully saturated rings. The Hall–Kier alpha value is -2.06. The quantitative estimate of drug-likeness (QED) is 0.691. The minimum Gasteiger partial charge on any atom is -0.488 e. The van der Waals surface area contributed by atoms with Crippen molar-refractivity contribution in [1.29, 1.82) is 0 Å². The van der Waals surface area contributed by atoms with E-state index >= 15 is 0 Å². The lowest BCUT2D eigenvalue weighted by Crippen LogP contribution is -2.16. The number of nitrogens with zero attached hydrogens (tertiary/aromatic N) is 2. The monoisotopic (exact) mass is 427 g/mol. The van der Waals surface area contributed by atoms with Crippen molar-refractivity contribution in [2.24, 2.45) is 0 Å². The Balaban J connectivity index is 0.00000131. The lowest BCUT2D eigenvalue weighted by atomic mass is 10.0. The topological polar surface area (TPSA) is 73.2 Å². The zero-order valence-electron chi connectivity index (χ0n) is 14.5. The standard InChI is InChI=1S/C18H17N3O3S.2ClH/c1-19-9-13-11-21(25(22,23)14-5-4-8-20-10-14)18-15-6-2-3-7-17(15)24-12-16(13)18;;/h2-8,10-11,19H,9,12H2,1H3;2*1H. The number of nitrogens with one attached hydrogen (secondary N) is 1. The van der Waals surface area contributed by atoms with Crippen LogP contribution in [0.5, 0.6) is 5.75 Å². The molecule has 3 heterocycles. The Morgan fingerprint density at radius 3 is 2.67 bits per heavy atom. The second kappa shape index (κ2) is 8.31. The number of pyridine rings is 1. The minimum atomic E-state index is -3.75. The molecular weight excluding hydrogens is 409 g/mol. The van der Waals surface area contributed by atoms with E-state index in [9.17, 15) is 8.42 Å². The molecule has 2 aromatic heterocycles. The first kappa shape index (κ1) is 21.2. The van der Waals surface area contributed by atoms with Gasteiger partial charge in [0.25, 0.3) is 10.0 Å². The van der Waals surface area contributed by atoms with Crippen molar-refractivity contribution in [2.45, 2.75) is 18.0 Å². The Morgan fingerprint density at radius 2 is 1.96 bits per heavy atom. The highest BCUT2D eigenvalue weighted by atomic mass is 35.5. The first-order chi connectivity index (χ1) is 12.1. The molecule has 0 aliphatic carbocycles. The highest BCUT2D eigenvalue weighted by molar-refractivity contribution is 7.90. The molecule has 1 aliphatic rings. The molecule has 0 bridgehead atoms. The summed E-state index contributed by atoms with van der Waals surface area (Å²) >= 11 is 0. The number of aromatic nitrogens is 2. The lowest BCUT2D eigenvalue weighted by molar-refractivity contribution is 0.301. The summed E-state index contributed by atoms with van der Waals surface area (Å²) in [7, 11) is -1.92. The molecule has 0 amide bonds. The van der Waals surface area contributed by atoms with E-state index in [2.05, 4.69) is 10.3 Å². The minimum absolute atomic E-state index is 0. The number of benzene rings is 1. The largest absolute Gasteiger partial charge is 0.488 e. The van der Waals surface area contributed by atoms with Crippen molar-refractivity contribution < 1.29 is 13.2 Å². The molecule has 3 aromatic rings. The van der Waals surface area contributed by atoms with Crippen LogP contribution in [0, 0.1) is 0 Å². The zero-order chi connectivity index (χ0) is 17.4. The van der Waals surface area contributed by atoms with Crippen molar-refractivity contribution in [3.8, 4) is 17.0 Å². The second-order valence-corrected chi connectivity index (χ2v) is 7.60. The van der Waals surface area contributed by atoms with Crippen LogP contribution in [0.4, 0.5) is 0 Å². The van der Waals surface area contributed by atoms with Crippen molar-refractivity contribution in [2.75, 3.05) is 7.05 Å². The van der Waals surface area contributed by atoms with Crippen molar-refractivity contribution in [3.05, 3.63) is 66.1 Å². The molecule has 1 aromatic carbocycles. The number of halogens is 2. The maximum atomic E-state index is 13.2. The van der Waals surface area contributed by atoms with Gasteiger partial charge < -0.3 is 10.1 Å². The van der Waals surface area contributed by atoms with Crippen LogP contribution < -0.4 is 10.1 Å². The Morgan fingerprint density at radius 1 is 1.19 bits per heavy atom. The molecule has 1 aliphatic heterocycles. The Bertz CT molecular complexity index is 1040. The van der Waals surface area contributed by atoms with Gasteiger partial charge in [-0.25, -0.2) is 12.4 Å². The zero-order valence-corrected chi connectivity index (χ0v) is 16.9. The van der Waals surface area contributed by atoms with E-state index in [1.807, 2.05) is 31.3 Å². The summed E-state index contributed by atoms with van der Waals surface area (Å²) in [5, 5.41) is 3.09. The summed E-state index contributed by atoms with van der Waals surface area (Å²) in [4.78, 5) is 4.11. The fourth-order valence-electron chi connectivity index (χ4n) is 3.10. The third-order valence-corrected chi connectivity index (χ3v) is 5.88. The fourth-order valence-corrected chi connectivity index (χ4v) is 4.48. The average molecular weight is 428 g/mol. The molecule has 144 valence electrons. The molecule has 6 nitrogen and oxygen atoms in total. The molecule has 0 spiro atoms. The van der Waals surface area contributed by atoms with Gasteiger partial charge in [-0.1, -0.05) is 12.1 Å². The summed E-state index contributed by atoms with van der Waals surface area (Å²) in [5.41, 5.74) is 3.23. The molecule has 27 heavy (non-hydrogen) atoms. The van der Waals surface area contributed by atoms with Crippen molar-refractivity contribution in [1.82, 2.24) is 14.3 Å². The smallest absolute Gasteiger partial charge is 0.269 e. The summed E-state index contributed by atoms with van der Waals surface area (Å²) in [6.07, 6.45) is 4.60. The van der Waals surface area contributed by atoms with Crippen LogP contribution in [0.15, 0.2) is 59.9 Å². The first-order valence-electron chi connectivity index (χ1n) is 7.88. The lowest BCUT2D eigenvalue weighted by Gasteiger charge is -2.20. The number of rotatable bonds is 4. The molecule has 9 heteroatoms. The summed E-state index contributed by atoms with van der Waals surface area (Å²) in [6.45, 7) is 0.905. The van der Waals surface area contributed by atoms with Crippen LogP contribution in [0.1, 0.15) is 11.1 Å². The summed E-state index contributed by atoms with van der Waals surface area (Å²) in [6, 6.07) is 10.7. The first-order valence-corrected chi connectivity index (χ1v) is 9.32. The van der Waals surface area contributed by atoms with E-state index in [1.165, 1.54) is 10.2 Å². The number of ether oxygens (including phenoxy) is 1. The average Bonchev–Trinajstić information content (AvgIpc) is 3.03. The van der Waals surface area contributed by atoms with Gasteiger partial charge in [-0.3, -0.25) is 4.98 Å². The van der Waals surface area contributed by atoms with Crippen LogP contribution >= 0.6 is 24.8 Å². The molecule has 0 unspecified atom stereocenters. The molecule has 4 rings (SSSR count). The molecule has 0 radical (unpaired) electrons. The Labute approximate surface area is 170 Å². The summed E-state index contributed by atoms with van der Waals surface area (Å²) < 4.78 is 33.6. The normalized spacial score (nSPS) is 12.0. The fraction of sp³-hybridized carbons (Fsp3) is 0.167. The number of fused-ring (bicyclic) bond motifs is 3. The van der Waals surface area contributed by atoms with E-state index in [1.54, 1.807) is 24.5 Å². The van der Waals surface area contributed by atoms with E-state index in [0.717, 1.165) is 16.7 Å². The molecule has 0 saturated heterocycles.